The minimum atomic E-state index is -0.593. The first kappa shape index (κ1) is 11.2. The zero-order chi connectivity index (χ0) is 9.68. The van der Waals surface area contributed by atoms with E-state index in [2.05, 4.69) is 12.2 Å². The largest absolute Gasteiger partial charge is 0.316 e. The minimum Gasteiger partial charge on any atom is -0.316 e. The normalized spacial score (nSPS) is 21.4. The van der Waals surface area contributed by atoms with Crippen molar-refractivity contribution < 1.29 is 4.21 Å². The second-order valence-electron chi connectivity index (χ2n) is 3.90. The standard InChI is InChI=1S/C10H21NOS/c1-3-4-7-13(12)8-10(11-2)9-5-6-9/h9-11H,3-8H2,1-2H3. The molecule has 1 saturated carbocycles. The van der Waals surface area contributed by atoms with Crippen LogP contribution in [0.5, 0.6) is 0 Å². The van der Waals surface area contributed by atoms with Gasteiger partial charge in [0.1, 0.15) is 0 Å². The summed E-state index contributed by atoms with van der Waals surface area (Å²) in [5, 5.41) is 3.28. The van der Waals surface area contributed by atoms with Crippen molar-refractivity contribution in [1.29, 1.82) is 0 Å². The molecule has 1 fully saturated rings. The third kappa shape index (κ3) is 4.23. The van der Waals surface area contributed by atoms with Gasteiger partial charge in [0.15, 0.2) is 0 Å². The van der Waals surface area contributed by atoms with Gasteiger partial charge in [-0.25, -0.2) is 0 Å². The van der Waals surface area contributed by atoms with E-state index in [1.807, 2.05) is 7.05 Å². The average Bonchev–Trinajstić information content (AvgIpc) is 2.94. The van der Waals surface area contributed by atoms with Crippen molar-refractivity contribution in [3.8, 4) is 0 Å². The molecule has 2 nitrogen and oxygen atoms in total. The Morgan fingerprint density at radius 1 is 1.54 bits per heavy atom. The topological polar surface area (TPSA) is 29.1 Å². The van der Waals surface area contributed by atoms with Crippen LogP contribution in [0.25, 0.3) is 0 Å². The molecule has 1 aliphatic rings. The lowest BCUT2D eigenvalue weighted by Gasteiger charge is -2.14. The molecule has 78 valence electrons. The molecule has 2 unspecified atom stereocenters. The highest BCUT2D eigenvalue weighted by Crippen LogP contribution is 2.32. The van der Waals surface area contributed by atoms with Crippen molar-refractivity contribution in [3.05, 3.63) is 0 Å². The highest BCUT2D eigenvalue weighted by molar-refractivity contribution is 7.85. The molecule has 0 aromatic carbocycles. The molecule has 0 radical (unpaired) electrons. The van der Waals surface area contributed by atoms with E-state index in [1.165, 1.54) is 12.8 Å². The van der Waals surface area contributed by atoms with E-state index in [1.54, 1.807) is 0 Å². The molecule has 13 heavy (non-hydrogen) atoms. The molecule has 3 heteroatoms. The monoisotopic (exact) mass is 203 g/mol. The number of nitrogens with one attached hydrogen (secondary N) is 1. The predicted octanol–water partition coefficient (Wildman–Crippen LogP) is 1.53. The molecule has 0 aromatic rings. The fraction of sp³-hybridized carbons (Fsp3) is 1.00. The van der Waals surface area contributed by atoms with E-state index in [0.717, 1.165) is 30.3 Å². The summed E-state index contributed by atoms with van der Waals surface area (Å²) >= 11 is 0. The van der Waals surface area contributed by atoms with Crippen molar-refractivity contribution in [2.24, 2.45) is 5.92 Å². The zero-order valence-corrected chi connectivity index (χ0v) is 9.53. The molecule has 1 rings (SSSR count). The van der Waals surface area contributed by atoms with E-state index >= 15 is 0 Å². The fourth-order valence-corrected chi connectivity index (χ4v) is 3.16. The lowest BCUT2D eigenvalue weighted by atomic mass is 10.2. The number of hydrogen-bond acceptors (Lipinski definition) is 2. The molecular weight excluding hydrogens is 182 g/mol. The summed E-state index contributed by atoms with van der Waals surface area (Å²) in [6, 6.07) is 0.512. The summed E-state index contributed by atoms with van der Waals surface area (Å²) in [6.45, 7) is 2.15. The van der Waals surface area contributed by atoms with Crippen LogP contribution in [0.3, 0.4) is 0 Å². The van der Waals surface area contributed by atoms with E-state index in [9.17, 15) is 4.21 Å². The molecule has 1 N–H and O–H groups in total. The van der Waals surface area contributed by atoms with E-state index in [4.69, 9.17) is 0 Å². The molecule has 2 atom stereocenters. The minimum absolute atomic E-state index is 0.512. The van der Waals surface area contributed by atoms with Gasteiger partial charge < -0.3 is 5.32 Å². The second-order valence-corrected chi connectivity index (χ2v) is 5.52. The average molecular weight is 203 g/mol. The summed E-state index contributed by atoms with van der Waals surface area (Å²) in [5.41, 5.74) is 0. The van der Waals surface area contributed by atoms with Crippen molar-refractivity contribution >= 4 is 10.8 Å². The highest BCUT2D eigenvalue weighted by Gasteiger charge is 2.30. The van der Waals surface area contributed by atoms with Crippen LogP contribution in [0.2, 0.25) is 0 Å². The van der Waals surface area contributed by atoms with Crippen LogP contribution in [-0.4, -0.2) is 28.8 Å². The molecule has 0 amide bonds. The quantitative estimate of drug-likeness (QED) is 0.680. The fourth-order valence-electron chi connectivity index (χ4n) is 1.54. The first-order chi connectivity index (χ1) is 6.27. The van der Waals surface area contributed by atoms with Crippen LogP contribution >= 0.6 is 0 Å². The van der Waals surface area contributed by atoms with Crippen LogP contribution in [0.1, 0.15) is 32.6 Å². The van der Waals surface area contributed by atoms with Crippen molar-refractivity contribution in [1.82, 2.24) is 5.32 Å². The Labute approximate surface area is 83.9 Å². The molecule has 1 aliphatic carbocycles. The van der Waals surface area contributed by atoms with Gasteiger partial charge in [-0.3, -0.25) is 4.21 Å². The lowest BCUT2D eigenvalue weighted by molar-refractivity contribution is 0.546. The molecule has 0 bridgehead atoms. The highest BCUT2D eigenvalue weighted by atomic mass is 32.2. The Kier molecular flexibility index (Phi) is 4.96. The van der Waals surface area contributed by atoms with Gasteiger partial charge in [0, 0.05) is 28.3 Å². The molecule has 0 spiro atoms. The van der Waals surface area contributed by atoms with Crippen molar-refractivity contribution in [2.75, 3.05) is 18.6 Å². The Bertz CT molecular complexity index is 168. The maximum absolute atomic E-state index is 11.6. The summed E-state index contributed by atoms with van der Waals surface area (Å²) in [5.74, 6) is 2.57. The van der Waals surface area contributed by atoms with Crippen molar-refractivity contribution in [3.63, 3.8) is 0 Å². The van der Waals surface area contributed by atoms with Gasteiger partial charge in [0.2, 0.25) is 0 Å². The van der Waals surface area contributed by atoms with Gasteiger partial charge in [0.25, 0.3) is 0 Å². The molecular formula is C10H21NOS. The van der Waals surface area contributed by atoms with Gasteiger partial charge in [-0.05, 0) is 32.2 Å². The molecule has 0 saturated heterocycles. The van der Waals surface area contributed by atoms with E-state index < -0.39 is 10.8 Å². The summed E-state index contributed by atoms with van der Waals surface area (Å²) < 4.78 is 11.6. The summed E-state index contributed by atoms with van der Waals surface area (Å²) in [6.07, 6.45) is 4.92. The van der Waals surface area contributed by atoms with Gasteiger partial charge in [-0.2, -0.15) is 0 Å². The Balaban J connectivity index is 2.16. The number of hydrogen-bond donors (Lipinski definition) is 1. The van der Waals surface area contributed by atoms with Gasteiger partial charge in [-0.15, -0.1) is 0 Å². The number of rotatable bonds is 7. The van der Waals surface area contributed by atoms with Gasteiger partial charge in [0.05, 0.1) is 0 Å². The van der Waals surface area contributed by atoms with Crippen LogP contribution in [0, 0.1) is 5.92 Å². The molecule has 0 aromatic heterocycles. The maximum atomic E-state index is 11.6. The first-order valence-electron chi connectivity index (χ1n) is 5.30. The van der Waals surface area contributed by atoms with Crippen LogP contribution in [0.4, 0.5) is 0 Å². The number of unbranched alkanes of at least 4 members (excludes halogenated alkanes) is 1. The smallest absolute Gasteiger partial charge is 0.0391 e. The summed E-state index contributed by atoms with van der Waals surface area (Å²) in [7, 11) is 1.39. The SMILES string of the molecule is CCCCS(=O)CC(NC)C1CC1. The third-order valence-electron chi connectivity index (χ3n) is 2.65. The molecule has 0 heterocycles. The first-order valence-corrected chi connectivity index (χ1v) is 6.79. The Morgan fingerprint density at radius 2 is 2.23 bits per heavy atom. The van der Waals surface area contributed by atoms with Crippen LogP contribution < -0.4 is 5.32 Å². The Morgan fingerprint density at radius 3 is 2.69 bits per heavy atom. The third-order valence-corrected chi connectivity index (χ3v) is 4.13. The zero-order valence-electron chi connectivity index (χ0n) is 8.71. The summed E-state index contributed by atoms with van der Waals surface area (Å²) in [4.78, 5) is 0. The predicted molar refractivity (Wildman–Crippen MR) is 58.4 cm³/mol. The van der Waals surface area contributed by atoms with Crippen molar-refractivity contribution in [2.45, 2.75) is 38.6 Å². The van der Waals surface area contributed by atoms with Gasteiger partial charge in [-0.1, -0.05) is 13.3 Å². The van der Waals surface area contributed by atoms with Crippen LogP contribution in [0.15, 0.2) is 0 Å². The molecule has 0 aliphatic heterocycles. The van der Waals surface area contributed by atoms with Crippen LogP contribution in [-0.2, 0) is 10.8 Å². The van der Waals surface area contributed by atoms with E-state index in [-0.39, 0.29) is 0 Å². The maximum Gasteiger partial charge on any atom is 0.0391 e. The second kappa shape index (κ2) is 5.76. The van der Waals surface area contributed by atoms with Gasteiger partial charge >= 0.3 is 0 Å². The lowest BCUT2D eigenvalue weighted by Crippen LogP contribution is -2.33. The van der Waals surface area contributed by atoms with E-state index in [0.29, 0.717) is 6.04 Å². The Hall–Kier alpha value is 0.110.